The molecule has 0 aliphatic carbocycles. The maximum absolute atomic E-state index is 8.56. The van der Waals surface area contributed by atoms with Gasteiger partial charge in [0, 0.05) is 17.3 Å². The predicted molar refractivity (Wildman–Crippen MR) is 48.2 cm³/mol. The molecule has 1 heterocycles. The lowest BCUT2D eigenvalue weighted by Crippen LogP contribution is -2.10. The Hall–Kier alpha value is 1.01. The van der Waals surface area contributed by atoms with Crippen LogP contribution in [-0.4, -0.2) is 32.9 Å². The van der Waals surface area contributed by atoms with Gasteiger partial charge in [0.2, 0.25) is 0 Å². The molecular weight excluding hydrogens is 172 g/mol. The maximum Gasteiger partial charge on any atom is 0.0897 e. The van der Waals surface area contributed by atoms with Gasteiger partial charge in [-0.1, -0.05) is 0 Å². The molecule has 0 spiro atoms. The van der Waals surface area contributed by atoms with Crippen molar-refractivity contribution in [2.45, 2.75) is 4.58 Å². The molecule has 1 atom stereocenters. The Morgan fingerprint density at radius 1 is 1.56 bits per heavy atom. The molecule has 0 bridgehead atoms. The SMILES string of the molecule is OCSC1CSCCS1. The van der Waals surface area contributed by atoms with E-state index in [0.29, 0.717) is 4.58 Å². The van der Waals surface area contributed by atoms with Gasteiger partial charge in [-0.05, 0) is 0 Å². The van der Waals surface area contributed by atoms with Gasteiger partial charge in [-0.3, -0.25) is 0 Å². The zero-order chi connectivity index (χ0) is 6.53. The van der Waals surface area contributed by atoms with E-state index < -0.39 is 0 Å². The quantitative estimate of drug-likeness (QED) is 0.652. The highest BCUT2D eigenvalue weighted by molar-refractivity contribution is 8.19. The van der Waals surface area contributed by atoms with E-state index in [-0.39, 0.29) is 5.94 Å². The molecule has 1 saturated heterocycles. The van der Waals surface area contributed by atoms with E-state index in [4.69, 9.17) is 5.11 Å². The zero-order valence-electron chi connectivity index (χ0n) is 5.08. The first kappa shape index (κ1) is 8.11. The Labute approximate surface area is 68.4 Å². The van der Waals surface area contributed by atoms with Crippen molar-refractivity contribution in [2.75, 3.05) is 23.2 Å². The van der Waals surface area contributed by atoms with Gasteiger partial charge < -0.3 is 5.11 Å². The van der Waals surface area contributed by atoms with E-state index in [1.165, 1.54) is 17.3 Å². The second kappa shape index (κ2) is 4.77. The van der Waals surface area contributed by atoms with Crippen LogP contribution in [0.25, 0.3) is 0 Å². The van der Waals surface area contributed by atoms with Gasteiger partial charge >= 0.3 is 0 Å². The lowest BCUT2D eigenvalue weighted by atomic mass is 10.9. The second-order valence-corrected chi connectivity index (χ2v) is 5.59. The van der Waals surface area contributed by atoms with Crippen molar-refractivity contribution in [3.8, 4) is 0 Å². The molecule has 0 saturated carbocycles. The fraction of sp³-hybridized carbons (Fsp3) is 1.00. The molecule has 1 unspecified atom stereocenters. The van der Waals surface area contributed by atoms with Gasteiger partial charge in [-0.2, -0.15) is 11.8 Å². The molecule has 1 fully saturated rings. The molecule has 0 aromatic heterocycles. The van der Waals surface area contributed by atoms with Crippen LogP contribution in [0.5, 0.6) is 0 Å². The summed E-state index contributed by atoms with van der Waals surface area (Å²) in [4.78, 5) is 0. The standard InChI is InChI=1S/C5H10OS3/c6-4-9-5-3-7-1-2-8-5/h5-6H,1-4H2. The van der Waals surface area contributed by atoms with Crippen LogP contribution in [0.4, 0.5) is 0 Å². The van der Waals surface area contributed by atoms with Crippen LogP contribution in [0.15, 0.2) is 0 Å². The average molecular weight is 182 g/mol. The van der Waals surface area contributed by atoms with E-state index in [9.17, 15) is 0 Å². The number of aliphatic hydroxyl groups excluding tert-OH is 1. The third-order valence-electron chi connectivity index (χ3n) is 1.05. The lowest BCUT2D eigenvalue weighted by Gasteiger charge is -2.18. The molecule has 9 heavy (non-hydrogen) atoms. The minimum atomic E-state index is 0.276. The van der Waals surface area contributed by atoms with E-state index in [1.807, 2.05) is 23.5 Å². The zero-order valence-corrected chi connectivity index (χ0v) is 7.53. The molecule has 1 N–H and O–H groups in total. The summed E-state index contributed by atoms with van der Waals surface area (Å²) in [6.45, 7) is 0. The van der Waals surface area contributed by atoms with Crippen LogP contribution < -0.4 is 0 Å². The first-order chi connectivity index (χ1) is 4.43. The van der Waals surface area contributed by atoms with Crippen molar-refractivity contribution < 1.29 is 5.11 Å². The average Bonchev–Trinajstić information content (AvgIpc) is 1.91. The first-order valence-electron chi connectivity index (χ1n) is 2.85. The van der Waals surface area contributed by atoms with Gasteiger partial charge in [0.15, 0.2) is 0 Å². The molecule has 0 aromatic rings. The van der Waals surface area contributed by atoms with E-state index in [1.54, 1.807) is 11.8 Å². The Morgan fingerprint density at radius 2 is 2.44 bits per heavy atom. The lowest BCUT2D eigenvalue weighted by molar-refractivity contribution is 0.375. The van der Waals surface area contributed by atoms with Gasteiger partial charge in [0.1, 0.15) is 0 Å². The van der Waals surface area contributed by atoms with Gasteiger partial charge in [-0.25, -0.2) is 0 Å². The third kappa shape index (κ3) is 3.07. The summed E-state index contributed by atoms with van der Waals surface area (Å²) in [5, 5.41) is 8.56. The Balaban J connectivity index is 2.08. The number of rotatable bonds is 2. The highest BCUT2D eigenvalue weighted by atomic mass is 32.2. The fourth-order valence-corrected chi connectivity index (χ4v) is 4.49. The number of thioether (sulfide) groups is 3. The number of hydrogen-bond acceptors (Lipinski definition) is 4. The molecule has 1 rings (SSSR count). The summed E-state index contributed by atoms with van der Waals surface area (Å²) in [5.74, 6) is 4.02. The van der Waals surface area contributed by atoms with Crippen LogP contribution in [0.3, 0.4) is 0 Å². The van der Waals surface area contributed by atoms with Crippen molar-refractivity contribution in [3.05, 3.63) is 0 Å². The van der Waals surface area contributed by atoms with Crippen molar-refractivity contribution in [1.29, 1.82) is 0 Å². The largest absolute Gasteiger partial charge is 0.386 e. The molecule has 0 radical (unpaired) electrons. The van der Waals surface area contributed by atoms with Crippen LogP contribution in [-0.2, 0) is 0 Å². The highest BCUT2D eigenvalue weighted by Gasteiger charge is 2.13. The van der Waals surface area contributed by atoms with Crippen molar-refractivity contribution in [3.63, 3.8) is 0 Å². The molecule has 4 heteroatoms. The summed E-state index contributed by atoms with van der Waals surface area (Å²) in [7, 11) is 0. The van der Waals surface area contributed by atoms with Crippen molar-refractivity contribution >= 4 is 35.3 Å². The molecule has 1 nitrogen and oxygen atoms in total. The normalized spacial score (nSPS) is 28.3. The van der Waals surface area contributed by atoms with E-state index in [2.05, 4.69) is 0 Å². The van der Waals surface area contributed by atoms with Crippen LogP contribution in [0.2, 0.25) is 0 Å². The third-order valence-corrected chi connectivity index (χ3v) is 5.27. The first-order valence-corrected chi connectivity index (χ1v) is 6.10. The second-order valence-electron chi connectivity index (χ2n) is 1.67. The summed E-state index contributed by atoms with van der Waals surface area (Å²) in [6.07, 6.45) is 0. The Morgan fingerprint density at radius 3 is 3.00 bits per heavy atom. The fourth-order valence-electron chi connectivity index (χ4n) is 0.646. The van der Waals surface area contributed by atoms with Crippen LogP contribution in [0.1, 0.15) is 0 Å². The Bertz CT molecular complexity index is 69.8. The topological polar surface area (TPSA) is 20.2 Å². The van der Waals surface area contributed by atoms with Gasteiger partial charge in [-0.15, -0.1) is 23.5 Å². The highest BCUT2D eigenvalue weighted by Crippen LogP contribution is 2.31. The Kier molecular flexibility index (Phi) is 4.30. The number of aliphatic hydroxyl groups is 1. The van der Waals surface area contributed by atoms with Gasteiger partial charge in [0.05, 0.1) is 10.5 Å². The van der Waals surface area contributed by atoms with Crippen molar-refractivity contribution in [2.24, 2.45) is 0 Å². The summed E-state index contributed by atoms with van der Waals surface area (Å²) < 4.78 is 0.647. The summed E-state index contributed by atoms with van der Waals surface area (Å²) in [5.41, 5.74) is 0. The monoisotopic (exact) mass is 182 g/mol. The van der Waals surface area contributed by atoms with Gasteiger partial charge in [0.25, 0.3) is 0 Å². The predicted octanol–water partition coefficient (Wildman–Crippen LogP) is 1.48. The van der Waals surface area contributed by atoms with Crippen LogP contribution >= 0.6 is 35.3 Å². The maximum atomic E-state index is 8.56. The molecular formula is C5H10OS3. The molecule has 0 amide bonds. The van der Waals surface area contributed by atoms with Crippen molar-refractivity contribution in [1.82, 2.24) is 0 Å². The molecule has 1 aliphatic heterocycles. The minimum Gasteiger partial charge on any atom is -0.386 e. The van der Waals surface area contributed by atoms with E-state index >= 15 is 0 Å². The number of hydrogen-bond donors (Lipinski definition) is 1. The minimum absolute atomic E-state index is 0.276. The van der Waals surface area contributed by atoms with Crippen LogP contribution in [0, 0.1) is 0 Å². The van der Waals surface area contributed by atoms with E-state index in [0.717, 1.165) is 0 Å². The molecule has 0 aromatic carbocycles. The summed E-state index contributed by atoms with van der Waals surface area (Å²) >= 11 is 5.61. The molecule has 1 aliphatic rings. The molecule has 54 valence electrons. The smallest absolute Gasteiger partial charge is 0.0897 e. The summed E-state index contributed by atoms with van der Waals surface area (Å²) in [6, 6.07) is 0.